The molecule has 2 heterocycles. The summed E-state index contributed by atoms with van der Waals surface area (Å²) in [5.41, 5.74) is 2.96. The molecule has 31 heavy (non-hydrogen) atoms. The summed E-state index contributed by atoms with van der Waals surface area (Å²) in [7, 11) is 1.54. The van der Waals surface area contributed by atoms with E-state index in [1.54, 1.807) is 31.5 Å². The molecule has 0 unspecified atom stereocenters. The average Bonchev–Trinajstić information content (AvgIpc) is 2.78. The second kappa shape index (κ2) is 9.02. The molecule has 1 amide bonds. The summed E-state index contributed by atoms with van der Waals surface area (Å²) < 4.78 is 10.9. The molecule has 7 heteroatoms. The standard InChI is InChI=1S/C24H19ClN2O4/c1-30-20-14-21-18(17(13-23(29)31-21)15-6-3-2-4-7-15)12-16(20)9-10-22(28)27-19-8-5-11-26-24(19)25/h2-8,11-14H,9-10H2,1H3,(H,27,28). The van der Waals surface area contributed by atoms with Gasteiger partial charge in [0.15, 0.2) is 5.15 Å². The van der Waals surface area contributed by atoms with Crippen LogP contribution in [0.5, 0.6) is 5.75 Å². The molecule has 0 aliphatic heterocycles. The zero-order chi connectivity index (χ0) is 21.8. The lowest BCUT2D eigenvalue weighted by molar-refractivity contribution is -0.116. The topological polar surface area (TPSA) is 81.4 Å². The summed E-state index contributed by atoms with van der Waals surface area (Å²) in [5.74, 6) is 0.355. The van der Waals surface area contributed by atoms with Gasteiger partial charge in [-0.25, -0.2) is 9.78 Å². The number of aryl methyl sites for hydroxylation is 1. The van der Waals surface area contributed by atoms with Crippen molar-refractivity contribution in [3.63, 3.8) is 0 Å². The van der Waals surface area contributed by atoms with E-state index in [2.05, 4.69) is 10.3 Å². The van der Waals surface area contributed by atoms with Crippen molar-refractivity contribution < 1.29 is 13.9 Å². The van der Waals surface area contributed by atoms with Gasteiger partial charge in [-0.3, -0.25) is 4.79 Å². The molecule has 0 atom stereocenters. The predicted molar refractivity (Wildman–Crippen MR) is 121 cm³/mol. The van der Waals surface area contributed by atoms with Crippen molar-refractivity contribution in [2.45, 2.75) is 12.8 Å². The molecule has 0 saturated heterocycles. The van der Waals surface area contributed by atoms with Crippen LogP contribution in [0, 0.1) is 0 Å². The van der Waals surface area contributed by atoms with Crippen molar-refractivity contribution in [3.8, 4) is 16.9 Å². The van der Waals surface area contributed by atoms with Crippen molar-refractivity contribution >= 4 is 34.2 Å². The first-order valence-electron chi connectivity index (χ1n) is 9.65. The van der Waals surface area contributed by atoms with E-state index in [4.69, 9.17) is 20.8 Å². The minimum absolute atomic E-state index is 0.195. The highest BCUT2D eigenvalue weighted by molar-refractivity contribution is 6.32. The maximum Gasteiger partial charge on any atom is 0.336 e. The van der Waals surface area contributed by atoms with Crippen LogP contribution in [0.2, 0.25) is 5.15 Å². The first-order chi connectivity index (χ1) is 15.0. The number of pyridine rings is 1. The van der Waals surface area contributed by atoms with Crippen LogP contribution in [0.25, 0.3) is 22.1 Å². The lowest BCUT2D eigenvalue weighted by Crippen LogP contribution is -2.13. The molecule has 0 aliphatic rings. The van der Waals surface area contributed by atoms with Gasteiger partial charge in [0.25, 0.3) is 0 Å². The summed E-state index contributed by atoms with van der Waals surface area (Å²) in [5, 5.41) is 3.78. The molecule has 4 rings (SSSR count). The Hall–Kier alpha value is -3.64. The molecule has 4 aromatic rings. The van der Waals surface area contributed by atoms with E-state index < -0.39 is 5.63 Å². The molecule has 0 radical (unpaired) electrons. The zero-order valence-corrected chi connectivity index (χ0v) is 17.5. The van der Waals surface area contributed by atoms with Crippen LogP contribution in [0.4, 0.5) is 5.69 Å². The van der Waals surface area contributed by atoms with Gasteiger partial charge in [0.1, 0.15) is 11.3 Å². The molecule has 2 aromatic carbocycles. The quantitative estimate of drug-likeness (QED) is 0.337. The molecule has 1 N–H and O–H groups in total. The number of amides is 1. The number of carbonyl (C=O) groups is 1. The fourth-order valence-electron chi connectivity index (χ4n) is 3.42. The summed E-state index contributed by atoms with van der Waals surface area (Å²) in [6.07, 6.45) is 2.20. The van der Waals surface area contributed by atoms with Crippen molar-refractivity contribution in [1.29, 1.82) is 0 Å². The van der Waals surface area contributed by atoms with Crippen LogP contribution < -0.4 is 15.7 Å². The molecule has 0 aliphatic carbocycles. The van der Waals surface area contributed by atoms with Crippen LogP contribution in [-0.2, 0) is 11.2 Å². The lowest BCUT2D eigenvalue weighted by Gasteiger charge is -2.12. The lowest BCUT2D eigenvalue weighted by atomic mass is 9.98. The van der Waals surface area contributed by atoms with Gasteiger partial charge in [-0.1, -0.05) is 41.9 Å². The Morgan fingerprint density at radius 1 is 1.13 bits per heavy atom. The van der Waals surface area contributed by atoms with E-state index in [9.17, 15) is 9.59 Å². The average molecular weight is 435 g/mol. The largest absolute Gasteiger partial charge is 0.496 e. The van der Waals surface area contributed by atoms with E-state index >= 15 is 0 Å². The van der Waals surface area contributed by atoms with Crippen LogP contribution in [0.3, 0.4) is 0 Å². The Bertz CT molecular complexity index is 1300. The molecule has 0 bridgehead atoms. The SMILES string of the molecule is COc1cc2oc(=O)cc(-c3ccccc3)c2cc1CCC(=O)Nc1cccnc1Cl. The van der Waals surface area contributed by atoms with E-state index in [1.165, 1.54) is 6.07 Å². The number of rotatable bonds is 6. The second-order valence-electron chi connectivity index (χ2n) is 6.90. The Morgan fingerprint density at radius 2 is 1.94 bits per heavy atom. The van der Waals surface area contributed by atoms with E-state index in [0.29, 0.717) is 23.4 Å². The smallest absolute Gasteiger partial charge is 0.336 e. The van der Waals surface area contributed by atoms with E-state index in [1.807, 2.05) is 36.4 Å². The highest BCUT2D eigenvalue weighted by Crippen LogP contribution is 2.33. The number of nitrogens with zero attached hydrogens (tertiary/aromatic N) is 1. The fraction of sp³-hybridized carbons (Fsp3) is 0.125. The van der Waals surface area contributed by atoms with Gasteiger partial charge in [0.2, 0.25) is 5.91 Å². The Labute approximate surface area is 183 Å². The minimum Gasteiger partial charge on any atom is -0.496 e. The number of halogens is 1. The normalized spacial score (nSPS) is 10.8. The number of nitrogens with one attached hydrogen (secondary N) is 1. The summed E-state index contributed by atoms with van der Waals surface area (Å²) in [6.45, 7) is 0. The number of benzene rings is 2. The van der Waals surface area contributed by atoms with Crippen LogP contribution in [-0.4, -0.2) is 18.0 Å². The molecule has 6 nitrogen and oxygen atoms in total. The predicted octanol–water partition coefficient (Wildman–Crippen LogP) is 5.09. The Balaban J connectivity index is 1.66. The van der Waals surface area contributed by atoms with E-state index in [0.717, 1.165) is 22.1 Å². The van der Waals surface area contributed by atoms with Gasteiger partial charge in [-0.15, -0.1) is 0 Å². The number of hydrogen-bond acceptors (Lipinski definition) is 5. The molecular weight excluding hydrogens is 416 g/mol. The van der Waals surface area contributed by atoms with Gasteiger partial charge < -0.3 is 14.5 Å². The number of anilines is 1. The molecular formula is C24H19ClN2O4. The Kier molecular flexibility index (Phi) is 6.00. The number of carbonyl (C=O) groups excluding carboxylic acids is 1. The Morgan fingerprint density at radius 3 is 2.68 bits per heavy atom. The minimum atomic E-state index is -0.436. The highest BCUT2D eigenvalue weighted by Gasteiger charge is 2.14. The third-order valence-corrected chi connectivity index (χ3v) is 5.19. The summed E-state index contributed by atoms with van der Waals surface area (Å²) in [6, 6.07) is 18.1. The molecule has 0 saturated carbocycles. The fourth-order valence-corrected chi connectivity index (χ4v) is 3.58. The van der Waals surface area contributed by atoms with Crippen LogP contribution in [0.15, 0.2) is 76.1 Å². The molecule has 0 fully saturated rings. The number of fused-ring (bicyclic) bond motifs is 1. The van der Waals surface area contributed by atoms with Gasteiger partial charge in [-0.2, -0.15) is 0 Å². The van der Waals surface area contributed by atoms with Gasteiger partial charge in [-0.05, 0) is 41.3 Å². The molecule has 0 spiro atoms. The van der Waals surface area contributed by atoms with Crippen LogP contribution in [0.1, 0.15) is 12.0 Å². The highest BCUT2D eigenvalue weighted by atomic mass is 35.5. The third kappa shape index (κ3) is 4.59. The monoisotopic (exact) mass is 434 g/mol. The summed E-state index contributed by atoms with van der Waals surface area (Å²) in [4.78, 5) is 28.5. The molecule has 2 aromatic heterocycles. The van der Waals surface area contributed by atoms with Crippen molar-refractivity contribution in [2.75, 3.05) is 12.4 Å². The van der Waals surface area contributed by atoms with Gasteiger partial charge in [0.05, 0.1) is 12.8 Å². The maximum absolute atomic E-state index is 12.4. The number of hydrogen-bond donors (Lipinski definition) is 1. The number of aromatic nitrogens is 1. The zero-order valence-electron chi connectivity index (χ0n) is 16.7. The first-order valence-corrected chi connectivity index (χ1v) is 10.0. The third-order valence-electron chi connectivity index (χ3n) is 4.88. The second-order valence-corrected chi connectivity index (χ2v) is 7.25. The van der Waals surface area contributed by atoms with Crippen molar-refractivity contribution in [1.82, 2.24) is 4.98 Å². The number of methoxy groups -OCH3 is 1. The number of ether oxygens (including phenoxy) is 1. The first kappa shape index (κ1) is 20.6. The summed E-state index contributed by atoms with van der Waals surface area (Å²) >= 11 is 6.01. The van der Waals surface area contributed by atoms with Crippen molar-refractivity contribution in [2.24, 2.45) is 0 Å². The molecule has 156 valence electrons. The van der Waals surface area contributed by atoms with E-state index in [-0.39, 0.29) is 17.5 Å². The van der Waals surface area contributed by atoms with Gasteiger partial charge >= 0.3 is 5.63 Å². The maximum atomic E-state index is 12.4. The van der Waals surface area contributed by atoms with Crippen LogP contribution >= 0.6 is 11.6 Å². The van der Waals surface area contributed by atoms with Gasteiger partial charge in [0, 0.05) is 30.1 Å². The van der Waals surface area contributed by atoms with Crippen molar-refractivity contribution in [3.05, 3.63) is 88.0 Å².